The summed E-state index contributed by atoms with van der Waals surface area (Å²) in [6, 6.07) is 4.72. The Kier molecular flexibility index (Phi) is 6.15. The van der Waals surface area contributed by atoms with Crippen LogP contribution in [0.25, 0.3) is 0 Å². The van der Waals surface area contributed by atoms with Gasteiger partial charge in [0.25, 0.3) is 5.69 Å². The van der Waals surface area contributed by atoms with Gasteiger partial charge >= 0.3 is 0 Å². The Balaban J connectivity index is 2.74. The molecule has 5 heteroatoms. The predicted molar refractivity (Wildman–Crippen MR) is 82.8 cm³/mol. The lowest BCUT2D eigenvalue weighted by atomic mass is 9.85. The minimum atomic E-state index is -0.379. The molecule has 0 aliphatic heterocycles. The molecule has 0 spiro atoms. The van der Waals surface area contributed by atoms with Crippen LogP contribution in [0.15, 0.2) is 18.2 Å². The number of hydrogen-bond acceptors (Lipinski definition) is 4. The fourth-order valence-electron chi connectivity index (χ4n) is 2.46. The summed E-state index contributed by atoms with van der Waals surface area (Å²) < 4.78 is 10.8. The average molecular weight is 295 g/mol. The van der Waals surface area contributed by atoms with E-state index in [0.717, 1.165) is 24.8 Å². The van der Waals surface area contributed by atoms with E-state index in [0.29, 0.717) is 5.75 Å². The van der Waals surface area contributed by atoms with Gasteiger partial charge in [-0.2, -0.15) is 0 Å². The van der Waals surface area contributed by atoms with E-state index in [2.05, 4.69) is 20.8 Å². The zero-order valence-corrected chi connectivity index (χ0v) is 13.5. The van der Waals surface area contributed by atoms with Gasteiger partial charge < -0.3 is 9.47 Å². The SMILES string of the molecule is COc1ccc([N+](=O)[O-])cc1CCCC(OC)C(C)(C)C. The summed E-state index contributed by atoms with van der Waals surface area (Å²) in [5.41, 5.74) is 1.06. The number of ether oxygens (including phenoxy) is 2. The van der Waals surface area contributed by atoms with Crippen molar-refractivity contribution in [2.75, 3.05) is 14.2 Å². The molecule has 0 saturated carbocycles. The number of aryl methyl sites for hydroxylation is 1. The molecule has 0 saturated heterocycles. The second-order valence-corrected chi connectivity index (χ2v) is 6.24. The smallest absolute Gasteiger partial charge is 0.269 e. The lowest BCUT2D eigenvalue weighted by Crippen LogP contribution is -2.28. The summed E-state index contributed by atoms with van der Waals surface area (Å²) in [6.45, 7) is 6.44. The van der Waals surface area contributed by atoms with Crippen LogP contribution in [0.5, 0.6) is 5.75 Å². The lowest BCUT2D eigenvalue weighted by molar-refractivity contribution is -0.384. The molecule has 0 fully saturated rings. The van der Waals surface area contributed by atoms with E-state index in [9.17, 15) is 10.1 Å². The topological polar surface area (TPSA) is 61.6 Å². The largest absolute Gasteiger partial charge is 0.496 e. The van der Waals surface area contributed by atoms with Gasteiger partial charge in [0, 0.05) is 24.8 Å². The van der Waals surface area contributed by atoms with Crippen LogP contribution in [-0.2, 0) is 11.2 Å². The molecule has 1 aromatic carbocycles. The number of nitrogens with zero attached hydrogens (tertiary/aromatic N) is 1. The molecule has 1 aromatic rings. The zero-order valence-electron chi connectivity index (χ0n) is 13.5. The van der Waals surface area contributed by atoms with Crippen molar-refractivity contribution in [2.24, 2.45) is 5.41 Å². The summed E-state index contributed by atoms with van der Waals surface area (Å²) in [5, 5.41) is 10.9. The summed E-state index contributed by atoms with van der Waals surface area (Å²) in [5.74, 6) is 0.699. The Morgan fingerprint density at radius 1 is 1.29 bits per heavy atom. The highest BCUT2D eigenvalue weighted by atomic mass is 16.6. The molecule has 1 rings (SSSR count). The van der Waals surface area contributed by atoms with Gasteiger partial charge in [0.05, 0.1) is 18.1 Å². The minimum Gasteiger partial charge on any atom is -0.496 e. The van der Waals surface area contributed by atoms with Gasteiger partial charge in [0.15, 0.2) is 0 Å². The normalized spacial score (nSPS) is 13.0. The molecule has 21 heavy (non-hydrogen) atoms. The van der Waals surface area contributed by atoms with E-state index in [1.54, 1.807) is 26.4 Å². The molecule has 0 aliphatic rings. The van der Waals surface area contributed by atoms with Crippen molar-refractivity contribution in [3.63, 3.8) is 0 Å². The number of rotatable bonds is 7. The molecule has 5 nitrogen and oxygen atoms in total. The summed E-state index contributed by atoms with van der Waals surface area (Å²) in [7, 11) is 3.31. The van der Waals surface area contributed by atoms with Gasteiger partial charge in [-0.1, -0.05) is 20.8 Å². The maximum absolute atomic E-state index is 10.9. The van der Waals surface area contributed by atoms with Crippen molar-refractivity contribution in [3.8, 4) is 5.75 Å². The number of non-ortho nitro benzene ring substituents is 1. The fourth-order valence-corrected chi connectivity index (χ4v) is 2.46. The van der Waals surface area contributed by atoms with E-state index in [-0.39, 0.29) is 22.1 Å². The van der Waals surface area contributed by atoms with Crippen molar-refractivity contribution < 1.29 is 14.4 Å². The quantitative estimate of drug-likeness (QED) is 0.563. The molecule has 0 N–H and O–H groups in total. The van der Waals surface area contributed by atoms with Gasteiger partial charge in [-0.15, -0.1) is 0 Å². The first-order valence-electron chi connectivity index (χ1n) is 7.13. The van der Waals surface area contributed by atoms with Crippen LogP contribution in [0.2, 0.25) is 0 Å². The van der Waals surface area contributed by atoms with Crippen LogP contribution >= 0.6 is 0 Å². The highest BCUT2D eigenvalue weighted by Crippen LogP contribution is 2.29. The standard InChI is InChI=1S/C16H25NO4/c1-16(2,3)15(21-5)8-6-7-12-11-13(17(18)19)9-10-14(12)20-4/h9-11,15H,6-8H2,1-5H3. The molecule has 1 unspecified atom stereocenters. The summed E-state index contributed by atoms with van der Waals surface area (Å²) in [4.78, 5) is 10.5. The highest BCUT2D eigenvalue weighted by molar-refractivity contribution is 5.43. The molecular weight excluding hydrogens is 270 g/mol. The maximum Gasteiger partial charge on any atom is 0.269 e. The molecule has 0 aromatic heterocycles. The van der Waals surface area contributed by atoms with Gasteiger partial charge in [-0.05, 0) is 30.7 Å². The third-order valence-electron chi connectivity index (χ3n) is 3.64. The zero-order chi connectivity index (χ0) is 16.0. The molecule has 0 heterocycles. The summed E-state index contributed by atoms with van der Waals surface area (Å²) >= 11 is 0. The minimum absolute atomic E-state index is 0.0848. The molecule has 0 radical (unpaired) electrons. The number of hydrogen-bond donors (Lipinski definition) is 0. The number of methoxy groups -OCH3 is 2. The Morgan fingerprint density at radius 3 is 2.43 bits per heavy atom. The number of nitro benzene ring substituents is 1. The van der Waals surface area contributed by atoms with E-state index in [4.69, 9.17) is 9.47 Å². The average Bonchev–Trinajstić information content (AvgIpc) is 2.41. The summed E-state index contributed by atoms with van der Waals surface area (Å²) in [6.07, 6.45) is 2.71. The molecule has 1 atom stereocenters. The van der Waals surface area contributed by atoms with Gasteiger partial charge in [0.1, 0.15) is 5.75 Å². The van der Waals surface area contributed by atoms with Crippen LogP contribution in [-0.4, -0.2) is 25.2 Å². The fraction of sp³-hybridized carbons (Fsp3) is 0.625. The first-order valence-corrected chi connectivity index (χ1v) is 7.13. The van der Waals surface area contributed by atoms with Crippen molar-refractivity contribution in [2.45, 2.75) is 46.1 Å². The molecular formula is C16H25NO4. The first kappa shape index (κ1) is 17.4. The van der Waals surface area contributed by atoms with Gasteiger partial charge in [-0.3, -0.25) is 10.1 Å². The monoisotopic (exact) mass is 295 g/mol. The van der Waals surface area contributed by atoms with Crippen LogP contribution in [0.3, 0.4) is 0 Å². The van der Waals surface area contributed by atoms with Gasteiger partial charge in [0.2, 0.25) is 0 Å². The third kappa shape index (κ3) is 5.01. The predicted octanol–water partition coefficient (Wildman–Crippen LogP) is 3.99. The molecule has 0 bridgehead atoms. The Hall–Kier alpha value is -1.62. The van der Waals surface area contributed by atoms with Crippen molar-refractivity contribution in [3.05, 3.63) is 33.9 Å². The van der Waals surface area contributed by atoms with E-state index in [1.165, 1.54) is 6.07 Å². The van der Waals surface area contributed by atoms with Gasteiger partial charge in [-0.25, -0.2) is 0 Å². The van der Waals surface area contributed by atoms with Crippen molar-refractivity contribution in [1.29, 1.82) is 0 Å². The highest BCUT2D eigenvalue weighted by Gasteiger charge is 2.24. The molecule has 0 amide bonds. The second kappa shape index (κ2) is 7.41. The third-order valence-corrected chi connectivity index (χ3v) is 3.64. The first-order chi connectivity index (χ1) is 9.79. The van der Waals surface area contributed by atoms with E-state index >= 15 is 0 Å². The van der Waals surface area contributed by atoms with Crippen molar-refractivity contribution in [1.82, 2.24) is 0 Å². The Bertz CT molecular complexity index is 480. The molecule has 0 aliphatic carbocycles. The number of nitro groups is 1. The second-order valence-electron chi connectivity index (χ2n) is 6.24. The van der Waals surface area contributed by atoms with Crippen LogP contribution < -0.4 is 4.74 Å². The Morgan fingerprint density at radius 2 is 1.95 bits per heavy atom. The van der Waals surface area contributed by atoms with E-state index < -0.39 is 0 Å². The maximum atomic E-state index is 10.9. The van der Waals surface area contributed by atoms with Crippen LogP contribution in [0.1, 0.15) is 39.2 Å². The molecule has 118 valence electrons. The van der Waals surface area contributed by atoms with Crippen LogP contribution in [0.4, 0.5) is 5.69 Å². The van der Waals surface area contributed by atoms with Crippen molar-refractivity contribution >= 4 is 5.69 Å². The van der Waals surface area contributed by atoms with E-state index in [1.807, 2.05) is 0 Å². The Labute approximate surface area is 126 Å². The number of benzene rings is 1. The van der Waals surface area contributed by atoms with Crippen LogP contribution in [0, 0.1) is 15.5 Å². The lowest BCUT2D eigenvalue weighted by Gasteiger charge is -2.29.